The summed E-state index contributed by atoms with van der Waals surface area (Å²) in [6.45, 7) is 4.49. The zero-order valence-electron chi connectivity index (χ0n) is 6.92. The highest BCUT2D eigenvalue weighted by Crippen LogP contribution is 2.16. The van der Waals surface area contributed by atoms with Gasteiger partial charge in [0.2, 0.25) is 0 Å². The number of nitrogens with zero attached hydrogens (tertiary/aromatic N) is 1. The van der Waals surface area contributed by atoms with Gasteiger partial charge in [-0.15, -0.1) is 0 Å². The predicted octanol–water partition coefficient (Wildman–Crippen LogP) is 1.29. The third-order valence-electron chi connectivity index (χ3n) is 2.10. The Hall–Kier alpha value is 0.270. The minimum Gasteiger partial charge on any atom is -0.291 e. The first-order valence-corrected chi connectivity index (χ1v) is 4.81. The first kappa shape index (κ1) is 8.37. The van der Waals surface area contributed by atoms with Crippen molar-refractivity contribution in [1.29, 1.82) is 0 Å². The molecule has 0 aliphatic carbocycles. The Morgan fingerprint density at radius 3 is 2.80 bits per heavy atom. The molecule has 2 unspecified atom stereocenters. The molecule has 1 aliphatic heterocycles. The Bertz CT molecular complexity index is 97.8. The second-order valence-electron chi connectivity index (χ2n) is 2.91. The van der Waals surface area contributed by atoms with E-state index >= 15 is 0 Å². The van der Waals surface area contributed by atoms with Gasteiger partial charge in [-0.1, -0.05) is 18.9 Å². The average Bonchev–Trinajstić information content (AvgIpc) is 1.88. The molecule has 0 radical (unpaired) electrons. The van der Waals surface area contributed by atoms with E-state index in [-0.39, 0.29) is 0 Å². The van der Waals surface area contributed by atoms with Crippen LogP contribution in [0.25, 0.3) is 0 Å². The van der Waals surface area contributed by atoms with Crippen molar-refractivity contribution >= 4 is 11.9 Å². The van der Waals surface area contributed by atoms with Crippen molar-refractivity contribution in [3.05, 3.63) is 0 Å². The van der Waals surface area contributed by atoms with E-state index in [2.05, 4.69) is 30.5 Å². The molecule has 0 bridgehead atoms. The van der Waals surface area contributed by atoms with E-state index in [1.165, 1.54) is 6.42 Å². The highest BCUT2D eigenvalue weighted by atomic mass is 32.2. The molecule has 0 saturated carbocycles. The molecule has 60 valence electrons. The van der Waals surface area contributed by atoms with E-state index < -0.39 is 0 Å². The molecular weight excluding hydrogens is 144 g/mol. The third kappa shape index (κ3) is 1.65. The Morgan fingerprint density at radius 2 is 2.40 bits per heavy atom. The van der Waals surface area contributed by atoms with Crippen molar-refractivity contribution in [1.82, 2.24) is 9.62 Å². The molecule has 10 heavy (non-hydrogen) atoms. The number of likely N-dealkylation sites (N-methyl/N-ethyl adjacent to an activating group) is 1. The van der Waals surface area contributed by atoms with Crippen LogP contribution >= 0.6 is 11.9 Å². The van der Waals surface area contributed by atoms with Gasteiger partial charge in [-0.25, -0.2) is 0 Å². The molecule has 0 aromatic carbocycles. The Morgan fingerprint density at radius 1 is 1.70 bits per heavy atom. The molecule has 0 aromatic heterocycles. The summed E-state index contributed by atoms with van der Waals surface area (Å²) in [5, 5.41) is 0. The van der Waals surface area contributed by atoms with Crippen LogP contribution in [-0.2, 0) is 0 Å². The standard InChI is InChI=1S/C7H16N2S/c1-4-7-6(2)8-10-5-9(7)3/h6-8H,4-5H2,1-3H3. The molecule has 1 N–H and O–H groups in total. The zero-order chi connectivity index (χ0) is 7.56. The molecule has 0 amide bonds. The lowest BCUT2D eigenvalue weighted by Crippen LogP contribution is -2.49. The maximum Gasteiger partial charge on any atom is 0.0591 e. The third-order valence-corrected chi connectivity index (χ3v) is 3.17. The minimum absolute atomic E-state index is 0.633. The number of rotatable bonds is 1. The maximum absolute atomic E-state index is 3.39. The van der Waals surface area contributed by atoms with Gasteiger partial charge in [-0.3, -0.25) is 9.62 Å². The van der Waals surface area contributed by atoms with Gasteiger partial charge in [-0.05, 0) is 20.4 Å². The van der Waals surface area contributed by atoms with Crippen LogP contribution in [0.1, 0.15) is 20.3 Å². The molecule has 1 aliphatic rings. The molecule has 0 aromatic rings. The van der Waals surface area contributed by atoms with Crippen molar-refractivity contribution in [3.8, 4) is 0 Å². The van der Waals surface area contributed by atoms with Gasteiger partial charge in [0, 0.05) is 12.1 Å². The summed E-state index contributed by atoms with van der Waals surface area (Å²) in [7, 11) is 2.19. The molecule has 0 spiro atoms. The minimum atomic E-state index is 0.633. The smallest absolute Gasteiger partial charge is 0.0591 e. The number of hydrogen-bond acceptors (Lipinski definition) is 3. The quantitative estimate of drug-likeness (QED) is 0.582. The topological polar surface area (TPSA) is 15.3 Å². The van der Waals surface area contributed by atoms with Gasteiger partial charge < -0.3 is 0 Å². The van der Waals surface area contributed by atoms with Gasteiger partial charge >= 0.3 is 0 Å². The lowest BCUT2D eigenvalue weighted by Gasteiger charge is -2.36. The van der Waals surface area contributed by atoms with E-state index in [1.54, 1.807) is 11.9 Å². The average molecular weight is 160 g/mol. The largest absolute Gasteiger partial charge is 0.291 e. The fraction of sp³-hybridized carbons (Fsp3) is 1.00. The van der Waals surface area contributed by atoms with Crippen molar-refractivity contribution in [2.45, 2.75) is 32.4 Å². The van der Waals surface area contributed by atoms with Gasteiger partial charge in [0.15, 0.2) is 0 Å². The van der Waals surface area contributed by atoms with Gasteiger partial charge in [0.05, 0.1) is 5.88 Å². The lowest BCUT2D eigenvalue weighted by atomic mass is 10.1. The second kappa shape index (κ2) is 3.60. The van der Waals surface area contributed by atoms with Crippen LogP contribution in [0.5, 0.6) is 0 Å². The van der Waals surface area contributed by atoms with E-state index in [1.807, 2.05) is 0 Å². The van der Waals surface area contributed by atoms with Crippen LogP contribution in [0.4, 0.5) is 0 Å². The predicted molar refractivity (Wildman–Crippen MR) is 46.9 cm³/mol. The maximum atomic E-state index is 3.39. The van der Waals surface area contributed by atoms with Crippen molar-refractivity contribution in [3.63, 3.8) is 0 Å². The summed E-state index contributed by atoms with van der Waals surface area (Å²) in [5.74, 6) is 1.11. The Labute approximate surface area is 67.5 Å². The van der Waals surface area contributed by atoms with Crippen LogP contribution in [0.3, 0.4) is 0 Å². The first-order chi connectivity index (χ1) is 4.75. The summed E-state index contributed by atoms with van der Waals surface area (Å²) < 4.78 is 3.39. The summed E-state index contributed by atoms with van der Waals surface area (Å²) in [5.41, 5.74) is 0. The molecular formula is C7H16N2S. The normalized spacial score (nSPS) is 36.3. The van der Waals surface area contributed by atoms with E-state index in [4.69, 9.17) is 0 Å². The Kier molecular flexibility index (Phi) is 3.01. The summed E-state index contributed by atoms with van der Waals surface area (Å²) in [6, 6.07) is 1.36. The molecule has 1 rings (SSSR count). The van der Waals surface area contributed by atoms with Crippen LogP contribution < -0.4 is 4.72 Å². The van der Waals surface area contributed by atoms with Gasteiger partial charge in [-0.2, -0.15) is 0 Å². The molecule has 1 saturated heterocycles. The molecule has 1 fully saturated rings. The van der Waals surface area contributed by atoms with Crippen LogP contribution in [0.2, 0.25) is 0 Å². The van der Waals surface area contributed by atoms with Crippen molar-refractivity contribution < 1.29 is 0 Å². The van der Waals surface area contributed by atoms with Crippen LogP contribution in [0.15, 0.2) is 0 Å². The fourth-order valence-corrected chi connectivity index (χ4v) is 2.38. The van der Waals surface area contributed by atoms with Gasteiger partial charge in [0.25, 0.3) is 0 Å². The number of hydrogen-bond donors (Lipinski definition) is 1. The molecule has 1 heterocycles. The summed E-state index contributed by atoms with van der Waals surface area (Å²) in [6.07, 6.45) is 1.24. The second-order valence-corrected chi connectivity index (χ2v) is 3.70. The first-order valence-electron chi connectivity index (χ1n) is 3.83. The van der Waals surface area contributed by atoms with E-state index in [9.17, 15) is 0 Å². The van der Waals surface area contributed by atoms with E-state index in [0.29, 0.717) is 6.04 Å². The molecule has 2 nitrogen and oxygen atoms in total. The molecule has 3 heteroatoms. The van der Waals surface area contributed by atoms with Crippen molar-refractivity contribution in [2.24, 2.45) is 0 Å². The number of nitrogens with one attached hydrogen (secondary N) is 1. The Balaban J connectivity index is 2.45. The summed E-state index contributed by atoms with van der Waals surface area (Å²) in [4.78, 5) is 2.41. The summed E-state index contributed by atoms with van der Waals surface area (Å²) >= 11 is 1.81. The van der Waals surface area contributed by atoms with Crippen LogP contribution in [-0.4, -0.2) is 29.9 Å². The lowest BCUT2D eigenvalue weighted by molar-refractivity contribution is 0.225. The highest BCUT2D eigenvalue weighted by Gasteiger charge is 2.23. The fourth-order valence-electron chi connectivity index (χ4n) is 1.49. The van der Waals surface area contributed by atoms with E-state index in [0.717, 1.165) is 11.9 Å². The van der Waals surface area contributed by atoms with Crippen molar-refractivity contribution in [2.75, 3.05) is 12.9 Å². The van der Waals surface area contributed by atoms with Crippen LogP contribution in [0, 0.1) is 0 Å². The van der Waals surface area contributed by atoms with Gasteiger partial charge in [0.1, 0.15) is 0 Å². The molecule has 2 atom stereocenters. The monoisotopic (exact) mass is 160 g/mol. The highest BCUT2D eigenvalue weighted by molar-refractivity contribution is 7.97. The zero-order valence-corrected chi connectivity index (χ0v) is 7.74. The SMILES string of the molecule is CCC1C(C)NSCN1C.